The number of hydrogen-bond acceptors (Lipinski definition) is 3. The number of nitrogens with one attached hydrogen (secondary N) is 1. The Hall–Kier alpha value is -0.660. The lowest BCUT2D eigenvalue weighted by molar-refractivity contribution is -0.898. The molecule has 1 atom stereocenters. The summed E-state index contributed by atoms with van der Waals surface area (Å²) < 4.78 is 6.23. The van der Waals surface area contributed by atoms with Crippen molar-refractivity contribution < 1.29 is 19.5 Å². The number of carbonyl (C=O) groups is 1. The summed E-state index contributed by atoms with van der Waals surface area (Å²) in [5.74, 6) is -0.284. The molecule has 5 heteroatoms. The standard InChI is InChI=1S/C13H18INO3/c1-2-15(6-8-16)7-9-18-13(17)11-4-3-5-12(14)10-11/h3-5,10,16H,2,6-9H2,1H3/p+1. The van der Waals surface area contributed by atoms with E-state index in [1.54, 1.807) is 12.1 Å². The number of esters is 1. The van der Waals surface area contributed by atoms with E-state index >= 15 is 0 Å². The molecule has 0 spiro atoms. The number of carbonyl (C=O) groups excluding carboxylic acids is 1. The van der Waals surface area contributed by atoms with Gasteiger partial charge >= 0.3 is 5.97 Å². The van der Waals surface area contributed by atoms with Gasteiger partial charge in [0, 0.05) is 3.57 Å². The number of hydrogen-bond donors (Lipinski definition) is 2. The van der Waals surface area contributed by atoms with Gasteiger partial charge in [-0.05, 0) is 47.7 Å². The van der Waals surface area contributed by atoms with E-state index in [4.69, 9.17) is 9.84 Å². The normalized spacial score (nSPS) is 12.2. The fourth-order valence-corrected chi connectivity index (χ4v) is 2.17. The van der Waals surface area contributed by atoms with Crippen molar-refractivity contribution in [3.05, 3.63) is 33.4 Å². The molecule has 1 unspecified atom stereocenters. The van der Waals surface area contributed by atoms with Gasteiger partial charge in [0.1, 0.15) is 19.7 Å². The Balaban J connectivity index is 2.37. The SMILES string of the molecule is CC[NH+](CCO)CCOC(=O)c1cccc(I)c1. The molecule has 0 amide bonds. The summed E-state index contributed by atoms with van der Waals surface area (Å²) in [6, 6.07) is 7.33. The van der Waals surface area contributed by atoms with Crippen molar-refractivity contribution in [2.45, 2.75) is 6.92 Å². The largest absolute Gasteiger partial charge is 0.456 e. The molecule has 0 aliphatic carbocycles. The van der Waals surface area contributed by atoms with Crippen molar-refractivity contribution in [3.63, 3.8) is 0 Å². The average Bonchev–Trinajstić information content (AvgIpc) is 2.37. The zero-order chi connectivity index (χ0) is 13.4. The number of likely N-dealkylation sites (N-methyl/N-ethyl adjacent to an activating group) is 1. The average molecular weight is 364 g/mol. The minimum absolute atomic E-state index is 0.161. The quantitative estimate of drug-likeness (QED) is 0.542. The van der Waals surface area contributed by atoms with Gasteiger partial charge in [0.05, 0.1) is 18.7 Å². The maximum absolute atomic E-state index is 11.7. The molecule has 2 N–H and O–H groups in total. The van der Waals surface area contributed by atoms with E-state index in [0.29, 0.717) is 18.7 Å². The van der Waals surface area contributed by atoms with Gasteiger partial charge in [0.2, 0.25) is 0 Å². The monoisotopic (exact) mass is 364 g/mol. The van der Waals surface area contributed by atoms with Crippen molar-refractivity contribution in [2.75, 3.05) is 32.8 Å². The van der Waals surface area contributed by atoms with Crippen LogP contribution in [0.15, 0.2) is 24.3 Å². The third kappa shape index (κ3) is 5.32. The van der Waals surface area contributed by atoms with E-state index in [9.17, 15) is 4.79 Å². The maximum Gasteiger partial charge on any atom is 0.338 e. The molecule has 4 nitrogen and oxygen atoms in total. The lowest BCUT2D eigenvalue weighted by Crippen LogP contribution is -3.12. The van der Waals surface area contributed by atoms with Crippen LogP contribution in [0.3, 0.4) is 0 Å². The first-order valence-electron chi connectivity index (χ1n) is 6.04. The van der Waals surface area contributed by atoms with Gasteiger partial charge in [-0.3, -0.25) is 0 Å². The van der Waals surface area contributed by atoms with Crippen molar-refractivity contribution in [1.29, 1.82) is 0 Å². The fraction of sp³-hybridized carbons (Fsp3) is 0.462. The van der Waals surface area contributed by atoms with Gasteiger partial charge in [-0.15, -0.1) is 0 Å². The van der Waals surface area contributed by atoms with Crippen molar-refractivity contribution >= 4 is 28.6 Å². The van der Waals surface area contributed by atoms with Crippen LogP contribution in [0.5, 0.6) is 0 Å². The van der Waals surface area contributed by atoms with Crippen molar-refractivity contribution in [2.24, 2.45) is 0 Å². The summed E-state index contributed by atoms with van der Waals surface area (Å²) in [5, 5.41) is 8.86. The molecule has 0 saturated heterocycles. The van der Waals surface area contributed by atoms with Gasteiger partial charge in [0.25, 0.3) is 0 Å². The minimum atomic E-state index is -0.284. The van der Waals surface area contributed by atoms with Crippen LogP contribution < -0.4 is 4.90 Å². The molecule has 0 saturated carbocycles. The van der Waals surface area contributed by atoms with Crippen molar-refractivity contribution in [3.8, 4) is 0 Å². The topological polar surface area (TPSA) is 51.0 Å². The van der Waals surface area contributed by atoms with E-state index in [0.717, 1.165) is 16.7 Å². The number of rotatable bonds is 7. The van der Waals surface area contributed by atoms with Crippen LogP contribution in [0, 0.1) is 3.57 Å². The van der Waals surface area contributed by atoms with E-state index in [1.807, 2.05) is 19.1 Å². The minimum Gasteiger partial charge on any atom is -0.456 e. The molecule has 0 bridgehead atoms. The van der Waals surface area contributed by atoms with E-state index in [1.165, 1.54) is 4.90 Å². The second-order valence-electron chi connectivity index (χ2n) is 3.97. The number of quaternary nitrogens is 1. The van der Waals surface area contributed by atoms with Crippen molar-refractivity contribution in [1.82, 2.24) is 0 Å². The number of aliphatic hydroxyl groups is 1. The second kappa shape index (κ2) is 8.44. The van der Waals surface area contributed by atoms with Gasteiger partial charge in [-0.1, -0.05) is 6.07 Å². The Kier molecular flexibility index (Phi) is 7.22. The summed E-state index contributed by atoms with van der Waals surface area (Å²) in [6.07, 6.45) is 0. The number of halogens is 1. The molecule has 100 valence electrons. The predicted molar refractivity (Wildman–Crippen MR) is 77.8 cm³/mol. The summed E-state index contributed by atoms with van der Waals surface area (Å²) in [6.45, 7) is 4.93. The molecule has 0 aromatic heterocycles. The van der Waals surface area contributed by atoms with Crippen LogP contribution in [0.25, 0.3) is 0 Å². The first-order chi connectivity index (χ1) is 8.67. The Bertz CT molecular complexity index is 384. The van der Waals surface area contributed by atoms with Crippen LogP contribution in [-0.4, -0.2) is 43.9 Å². The molecule has 1 rings (SSSR count). The highest BCUT2D eigenvalue weighted by atomic mass is 127. The molecule has 0 fully saturated rings. The lowest BCUT2D eigenvalue weighted by atomic mass is 10.2. The second-order valence-corrected chi connectivity index (χ2v) is 5.22. The number of ether oxygens (including phenoxy) is 1. The Morgan fingerprint density at radius 1 is 1.44 bits per heavy atom. The summed E-state index contributed by atoms with van der Waals surface area (Å²) >= 11 is 2.16. The zero-order valence-electron chi connectivity index (χ0n) is 10.5. The van der Waals surface area contributed by atoms with E-state index in [-0.39, 0.29) is 12.6 Å². The molecule has 0 aliphatic heterocycles. The van der Waals surface area contributed by atoms with Gasteiger partial charge < -0.3 is 14.7 Å². The Labute approximate surface area is 121 Å². The first-order valence-corrected chi connectivity index (χ1v) is 7.12. The zero-order valence-corrected chi connectivity index (χ0v) is 12.6. The number of aliphatic hydroxyl groups excluding tert-OH is 1. The van der Waals surface area contributed by atoms with Crippen LogP contribution >= 0.6 is 22.6 Å². The van der Waals surface area contributed by atoms with E-state index in [2.05, 4.69) is 22.6 Å². The molecule has 0 heterocycles. The summed E-state index contributed by atoms with van der Waals surface area (Å²) in [7, 11) is 0. The summed E-state index contributed by atoms with van der Waals surface area (Å²) in [4.78, 5) is 13.0. The van der Waals surface area contributed by atoms with Gasteiger partial charge in [-0.2, -0.15) is 0 Å². The van der Waals surface area contributed by atoms with E-state index < -0.39 is 0 Å². The van der Waals surface area contributed by atoms with Gasteiger partial charge in [-0.25, -0.2) is 4.79 Å². The van der Waals surface area contributed by atoms with Crippen LogP contribution in [0.4, 0.5) is 0 Å². The molecular weight excluding hydrogens is 345 g/mol. The molecule has 0 aliphatic rings. The smallest absolute Gasteiger partial charge is 0.338 e. The van der Waals surface area contributed by atoms with Crippen LogP contribution in [-0.2, 0) is 4.74 Å². The highest BCUT2D eigenvalue weighted by Crippen LogP contribution is 2.08. The van der Waals surface area contributed by atoms with Gasteiger partial charge in [0.15, 0.2) is 0 Å². The molecule has 18 heavy (non-hydrogen) atoms. The highest BCUT2D eigenvalue weighted by molar-refractivity contribution is 14.1. The Morgan fingerprint density at radius 2 is 2.22 bits per heavy atom. The lowest BCUT2D eigenvalue weighted by Gasteiger charge is -2.16. The van der Waals surface area contributed by atoms with Crippen LogP contribution in [0.1, 0.15) is 17.3 Å². The predicted octanol–water partition coefficient (Wildman–Crippen LogP) is 0.345. The third-order valence-corrected chi connectivity index (χ3v) is 3.39. The maximum atomic E-state index is 11.7. The number of benzene rings is 1. The summed E-state index contributed by atoms with van der Waals surface area (Å²) in [5.41, 5.74) is 0.585. The molecule has 1 aromatic carbocycles. The molecular formula is C13H19INO3+. The third-order valence-electron chi connectivity index (χ3n) is 2.71. The first kappa shape index (κ1) is 15.4. The van der Waals surface area contributed by atoms with Crippen LogP contribution in [0.2, 0.25) is 0 Å². The fourth-order valence-electron chi connectivity index (χ4n) is 1.62. The Morgan fingerprint density at radius 3 is 2.83 bits per heavy atom. The molecule has 1 aromatic rings. The highest BCUT2D eigenvalue weighted by Gasteiger charge is 2.09. The molecule has 0 radical (unpaired) electrons.